The maximum atomic E-state index is 13.9. The summed E-state index contributed by atoms with van der Waals surface area (Å²) in [6.07, 6.45) is 3.75. The number of aromatic nitrogens is 5. The molecule has 1 saturated carbocycles. The first-order valence-corrected chi connectivity index (χ1v) is 5.73. The third kappa shape index (κ3) is 1.62. The number of nitrogens with zero attached hydrogens (tertiary/aromatic N) is 5. The minimum Gasteiger partial charge on any atom is -0.382 e. The number of nitrogen functional groups attached to an aromatic ring is 1. The average molecular weight is 236 g/mol. The molecule has 1 aliphatic carbocycles. The number of alkyl halides is 1. The van der Waals surface area contributed by atoms with Crippen molar-refractivity contribution < 1.29 is 4.39 Å². The highest BCUT2D eigenvalue weighted by molar-refractivity contribution is 5.80. The quantitative estimate of drug-likeness (QED) is 0.805. The van der Waals surface area contributed by atoms with E-state index in [1.165, 1.54) is 6.33 Å². The van der Waals surface area contributed by atoms with Crippen LogP contribution in [0.1, 0.15) is 31.7 Å². The molecule has 17 heavy (non-hydrogen) atoms. The lowest BCUT2D eigenvalue weighted by molar-refractivity contribution is 0.161. The third-order valence-corrected chi connectivity index (χ3v) is 3.25. The van der Waals surface area contributed by atoms with E-state index < -0.39 is 6.17 Å². The van der Waals surface area contributed by atoms with E-state index in [1.54, 1.807) is 4.68 Å². The number of halogens is 1. The van der Waals surface area contributed by atoms with E-state index in [-0.39, 0.29) is 11.9 Å². The second-order valence-electron chi connectivity index (χ2n) is 4.33. The summed E-state index contributed by atoms with van der Waals surface area (Å²) in [5.41, 5.74) is 6.64. The van der Waals surface area contributed by atoms with Gasteiger partial charge in [-0.15, -0.1) is 5.10 Å². The van der Waals surface area contributed by atoms with Crippen LogP contribution in [0.4, 0.5) is 10.2 Å². The molecular formula is C10H13FN6. The van der Waals surface area contributed by atoms with Crippen LogP contribution in [-0.4, -0.2) is 31.1 Å². The second-order valence-corrected chi connectivity index (χ2v) is 4.33. The molecule has 0 saturated heterocycles. The van der Waals surface area contributed by atoms with Crippen LogP contribution in [0.25, 0.3) is 11.2 Å². The number of fused-ring (bicyclic) bond motifs is 1. The highest BCUT2D eigenvalue weighted by atomic mass is 19.1. The number of rotatable bonds is 1. The fraction of sp³-hybridized carbons (Fsp3) is 0.600. The lowest BCUT2D eigenvalue weighted by Gasteiger charge is -2.25. The van der Waals surface area contributed by atoms with Gasteiger partial charge in [0, 0.05) is 0 Å². The largest absolute Gasteiger partial charge is 0.382 e. The Morgan fingerprint density at radius 2 is 2.12 bits per heavy atom. The van der Waals surface area contributed by atoms with Gasteiger partial charge in [0.15, 0.2) is 17.0 Å². The van der Waals surface area contributed by atoms with Crippen LogP contribution < -0.4 is 5.73 Å². The molecule has 0 aromatic carbocycles. The van der Waals surface area contributed by atoms with E-state index in [2.05, 4.69) is 20.3 Å². The van der Waals surface area contributed by atoms with Crippen LogP contribution in [0.15, 0.2) is 6.33 Å². The zero-order chi connectivity index (χ0) is 11.8. The average Bonchev–Trinajstić information content (AvgIpc) is 2.75. The molecule has 2 atom stereocenters. The molecule has 0 radical (unpaired) electrons. The fourth-order valence-electron chi connectivity index (χ4n) is 2.35. The number of hydrogen-bond donors (Lipinski definition) is 1. The summed E-state index contributed by atoms with van der Waals surface area (Å²) in [6.45, 7) is 0. The van der Waals surface area contributed by atoms with Gasteiger partial charge in [0.2, 0.25) is 0 Å². The first-order chi connectivity index (χ1) is 8.27. The van der Waals surface area contributed by atoms with Crippen molar-refractivity contribution in [2.24, 2.45) is 0 Å². The maximum Gasteiger partial charge on any atom is 0.184 e. The van der Waals surface area contributed by atoms with Gasteiger partial charge in [0.25, 0.3) is 0 Å². The smallest absolute Gasteiger partial charge is 0.184 e. The zero-order valence-electron chi connectivity index (χ0n) is 9.25. The van der Waals surface area contributed by atoms with Crippen molar-refractivity contribution in [3.05, 3.63) is 6.33 Å². The van der Waals surface area contributed by atoms with Crippen LogP contribution in [0.3, 0.4) is 0 Å². The Labute approximate surface area is 97.0 Å². The first kappa shape index (κ1) is 10.4. The molecule has 0 aliphatic heterocycles. The standard InChI is InChI=1S/C10H13FN6/c11-6-3-1-2-4-7(6)17-10-8(15-16-17)9(12)13-5-14-10/h5-7H,1-4H2,(H2,12,13,14)/t6-,7+/m1/s1. The Kier molecular flexibility index (Phi) is 2.38. The number of hydrogen-bond acceptors (Lipinski definition) is 5. The summed E-state index contributed by atoms with van der Waals surface area (Å²) >= 11 is 0. The molecule has 0 amide bonds. The van der Waals surface area contributed by atoms with Gasteiger partial charge in [0.1, 0.15) is 12.5 Å². The van der Waals surface area contributed by atoms with Gasteiger partial charge in [-0.05, 0) is 12.8 Å². The predicted molar refractivity (Wildman–Crippen MR) is 59.9 cm³/mol. The van der Waals surface area contributed by atoms with Crippen molar-refractivity contribution in [1.82, 2.24) is 25.0 Å². The summed E-state index contributed by atoms with van der Waals surface area (Å²) in [7, 11) is 0. The highest BCUT2D eigenvalue weighted by Crippen LogP contribution is 2.32. The van der Waals surface area contributed by atoms with E-state index in [0.29, 0.717) is 17.6 Å². The summed E-state index contributed by atoms with van der Waals surface area (Å²) in [5.74, 6) is 0.285. The van der Waals surface area contributed by atoms with Gasteiger partial charge < -0.3 is 5.73 Å². The molecular weight excluding hydrogens is 223 g/mol. The van der Waals surface area contributed by atoms with Crippen molar-refractivity contribution in [3.63, 3.8) is 0 Å². The Morgan fingerprint density at radius 3 is 2.94 bits per heavy atom. The molecule has 0 spiro atoms. The first-order valence-electron chi connectivity index (χ1n) is 5.73. The summed E-state index contributed by atoms with van der Waals surface area (Å²) in [4.78, 5) is 7.93. The molecule has 0 unspecified atom stereocenters. The van der Waals surface area contributed by atoms with Crippen molar-refractivity contribution in [3.8, 4) is 0 Å². The Hall–Kier alpha value is -1.79. The van der Waals surface area contributed by atoms with E-state index in [0.717, 1.165) is 19.3 Å². The van der Waals surface area contributed by atoms with E-state index in [4.69, 9.17) is 5.73 Å². The van der Waals surface area contributed by atoms with Crippen molar-refractivity contribution in [2.75, 3.05) is 5.73 Å². The van der Waals surface area contributed by atoms with Crippen molar-refractivity contribution in [1.29, 1.82) is 0 Å². The Morgan fingerprint density at radius 1 is 1.29 bits per heavy atom. The van der Waals surface area contributed by atoms with Crippen LogP contribution in [0.5, 0.6) is 0 Å². The SMILES string of the molecule is Nc1ncnc2c1nnn2[C@H]1CCCC[C@H]1F. The molecule has 7 heteroatoms. The molecule has 2 aromatic heterocycles. The van der Waals surface area contributed by atoms with Crippen molar-refractivity contribution >= 4 is 17.0 Å². The molecule has 3 rings (SSSR count). The van der Waals surface area contributed by atoms with Gasteiger partial charge in [0.05, 0.1) is 6.04 Å². The van der Waals surface area contributed by atoms with Crippen LogP contribution >= 0.6 is 0 Å². The molecule has 2 aromatic rings. The lowest BCUT2D eigenvalue weighted by Crippen LogP contribution is -2.25. The summed E-state index contributed by atoms with van der Waals surface area (Å²) < 4.78 is 15.4. The van der Waals surface area contributed by atoms with Crippen LogP contribution in [0.2, 0.25) is 0 Å². The number of nitrogens with two attached hydrogens (primary N) is 1. The molecule has 0 bridgehead atoms. The van der Waals surface area contributed by atoms with E-state index in [9.17, 15) is 4.39 Å². The van der Waals surface area contributed by atoms with Gasteiger partial charge in [-0.2, -0.15) is 0 Å². The molecule has 2 heterocycles. The third-order valence-electron chi connectivity index (χ3n) is 3.25. The molecule has 6 nitrogen and oxygen atoms in total. The normalized spacial score (nSPS) is 25.2. The summed E-state index contributed by atoms with van der Waals surface area (Å²) in [5, 5.41) is 7.90. The highest BCUT2D eigenvalue weighted by Gasteiger charge is 2.29. The monoisotopic (exact) mass is 236 g/mol. The van der Waals surface area contributed by atoms with E-state index >= 15 is 0 Å². The van der Waals surface area contributed by atoms with Crippen molar-refractivity contribution in [2.45, 2.75) is 37.9 Å². The number of anilines is 1. The fourth-order valence-corrected chi connectivity index (χ4v) is 2.35. The van der Waals surface area contributed by atoms with Gasteiger partial charge in [-0.1, -0.05) is 18.1 Å². The minimum absolute atomic E-state index is 0.275. The maximum absolute atomic E-state index is 13.9. The molecule has 2 N–H and O–H groups in total. The topological polar surface area (TPSA) is 82.5 Å². The van der Waals surface area contributed by atoms with Gasteiger partial charge in [-0.25, -0.2) is 19.0 Å². The molecule has 1 fully saturated rings. The Bertz CT molecular complexity index is 539. The minimum atomic E-state index is -0.884. The second kappa shape index (κ2) is 3.90. The van der Waals surface area contributed by atoms with Crippen LogP contribution in [-0.2, 0) is 0 Å². The van der Waals surface area contributed by atoms with Gasteiger partial charge in [-0.3, -0.25) is 0 Å². The lowest BCUT2D eigenvalue weighted by atomic mass is 9.94. The molecule has 90 valence electrons. The molecule has 1 aliphatic rings. The summed E-state index contributed by atoms with van der Waals surface area (Å²) in [6, 6.07) is -0.275. The van der Waals surface area contributed by atoms with Crippen LogP contribution in [0, 0.1) is 0 Å². The zero-order valence-corrected chi connectivity index (χ0v) is 9.25. The Balaban J connectivity index is 2.08. The predicted octanol–water partition coefficient (Wildman–Crippen LogP) is 1.26. The van der Waals surface area contributed by atoms with Gasteiger partial charge >= 0.3 is 0 Å². The van der Waals surface area contributed by atoms with E-state index in [1.807, 2.05) is 0 Å².